The molecule has 2 aliphatic rings. The van der Waals surface area contributed by atoms with Crippen molar-refractivity contribution in [3.8, 4) is 0 Å². The molecule has 24 heavy (non-hydrogen) atoms. The van der Waals surface area contributed by atoms with E-state index in [1.54, 1.807) is 6.20 Å². The summed E-state index contributed by atoms with van der Waals surface area (Å²) >= 11 is 0. The second-order valence-corrected chi connectivity index (χ2v) is 5.86. The molecule has 1 N–H and O–H groups in total. The maximum atomic E-state index is 12.4. The zero-order valence-corrected chi connectivity index (χ0v) is 13.4. The Balaban J connectivity index is 1.86. The minimum absolute atomic E-state index is 0.271. The van der Waals surface area contributed by atoms with Crippen molar-refractivity contribution < 1.29 is 14.6 Å². The van der Waals surface area contributed by atoms with Crippen molar-refractivity contribution in [2.45, 2.75) is 31.7 Å². The van der Waals surface area contributed by atoms with Crippen molar-refractivity contribution in [1.29, 1.82) is 0 Å². The molecule has 2 saturated heterocycles. The molecule has 3 unspecified atom stereocenters. The molecule has 0 saturated carbocycles. The van der Waals surface area contributed by atoms with Crippen molar-refractivity contribution in [1.82, 2.24) is 9.55 Å². The fourth-order valence-corrected chi connectivity index (χ4v) is 3.10. The van der Waals surface area contributed by atoms with E-state index < -0.39 is 24.1 Å². The Bertz CT molecular complexity index is 695. The lowest BCUT2D eigenvalue weighted by atomic mass is 10.1. The zero-order chi connectivity index (χ0) is 17.1. The fraction of sp³-hybridized carbons (Fsp3) is 0.714. The Morgan fingerprint density at radius 3 is 2.92 bits per heavy atom. The number of aliphatic hydroxyl groups is 1. The predicted molar refractivity (Wildman–Crippen MR) is 84.8 cm³/mol. The topological polar surface area (TPSA) is 126 Å². The van der Waals surface area contributed by atoms with E-state index >= 15 is 0 Å². The van der Waals surface area contributed by atoms with E-state index in [0.29, 0.717) is 38.5 Å². The smallest absolute Gasteiger partial charge is 0.351 e. The van der Waals surface area contributed by atoms with Gasteiger partial charge in [0, 0.05) is 36.2 Å². The summed E-state index contributed by atoms with van der Waals surface area (Å²) < 4.78 is 12.4. The number of ether oxygens (including phenoxy) is 2. The van der Waals surface area contributed by atoms with E-state index in [1.165, 1.54) is 4.57 Å². The number of aliphatic hydroxyl groups excluding tert-OH is 1. The molecule has 3 rings (SSSR count). The van der Waals surface area contributed by atoms with E-state index in [4.69, 9.17) is 15.0 Å². The quantitative estimate of drug-likeness (QED) is 0.480. The molecule has 0 radical (unpaired) electrons. The third kappa shape index (κ3) is 3.22. The summed E-state index contributed by atoms with van der Waals surface area (Å²) in [6.07, 6.45) is 0.817. The van der Waals surface area contributed by atoms with Crippen molar-refractivity contribution in [2.75, 3.05) is 37.8 Å². The molecule has 130 valence electrons. The van der Waals surface area contributed by atoms with E-state index in [0.717, 1.165) is 5.56 Å². The van der Waals surface area contributed by atoms with Crippen LogP contribution in [-0.2, 0) is 9.47 Å². The highest BCUT2D eigenvalue weighted by Gasteiger charge is 2.36. The Hall–Kier alpha value is -2.13. The van der Waals surface area contributed by atoms with Gasteiger partial charge in [-0.15, -0.1) is 0 Å². The molecule has 0 amide bonds. The summed E-state index contributed by atoms with van der Waals surface area (Å²) in [6.45, 7) is 4.24. The highest BCUT2D eigenvalue weighted by molar-refractivity contribution is 5.45. The van der Waals surface area contributed by atoms with Gasteiger partial charge in [0.2, 0.25) is 0 Å². The monoisotopic (exact) mass is 336 g/mol. The number of hydrogen-bond acceptors (Lipinski definition) is 7. The van der Waals surface area contributed by atoms with Gasteiger partial charge in [-0.3, -0.25) is 4.57 Å². The molecule has 0 aromatic carbocycles. The molecular formula is C14H20N6O4. The molecule has 0 bridgehead atoms. The van der Waals surface area contributed by atoms with Crippen molar-refractivity contribution in [3.63, 3.8) is 0 Å². The van der Waals surface area contributed by atoms with Crippen LogP contribution in [0.2, 0.25) is 0 Å². The number of anilines is 1. The van der Waals surface area contributed by atoms with Crippen LogP contribution in [0.5, 0.6) is 0 Å². The number of morpholine rings is 1. The zero-order valence-electron chi connectivity index (χ0n) is 13.4. The van der Waals surface area contributed by atoms with Gasteiger partial charge in [0.05, 0.1) is 32.0 Å². The lowest BCUT2D eigenvalue weighted by molar-refractivity contribution is -0.0270. The van der Waals surface area contributed by atoms with Gasteiger partial charge < -0.3 is 19.5 Å². The van der Waals surface area contributed by atoms with Gasteiger partial charge >= 0.3 is 5.69 Å². The van der Waals surface area contributed by atoms with Gasteiger partial charge in [-0.2, -0.15) is 4.98 Å². The van der Waals surface area contributed by atoms with Crippen molar-refractivity contribution >= 4 is 5.82 Å². The third-order valence-electron chi connectivity index (χ3n) is 4.31. The van der Waals surface area contributed by atoms with Gasteiger partial charge in [-0.25, -0.2) is 4.79 Å². The van der Waals surface area contributed by atoms with Crippen LogP contribution in [0.15, 0.2) is 16.1 Å². The normalized spacial score (nSPS) is 27.1. The molecule has 10 nitrogen and oxygen atoms in total. The Labute approximate surface area is 138 Å². The SMILES string of the molecule is Cc1cn(C2CC(N=[N+]=[N-])C(CO)O2)c(=O)nc1N1CCOCC1. The van der Waals surface area contributed by atoms with Crippen LogP contribution in [0.25, 0.3) is 10.4 Å². The molecule has 2 aliphatic heterocycles. The predicted octanol–water partition coefficient (Wildman–Crippen LogP) is 0.347. The van der Waals surface area contributed by atoms with E-state index in [9.17, 15) is 9.90 Å². The second-order valence-electron chi connectivity index (χ2n) is 5.86. The minimum Gasteiger partial charge on any atom is -0.394 e. The molecule has 1 aromatic heterocycles. The highest BCUT2D eigenvalue weighted by atomic mass is 16.5. The molecule has 2 fully saturated rings. The summed E-state index contributed by atoms with van der Waals surface area (Å²) in [4.78, 5) is 21.4. The van der Waals surface area contributed by atoms with Crippen LogP contribution >= 0.6 is 0 Å². The maximum absolute atomic E-state index is 12.4. The summed E-state index contributed by atoms with van der Waals surface area (Å²) in [5, 5.41) is 13.0. The first-order valence-corrected chi connectivity index (χ1v) is 7.87. The molecule has 1 aromatic rings. The summed E-state index contributed by atoms with van der Waals surface area (Å²) in [7, 11) is 0. The van der Waals surface area contributed by atoms with Gasteiger partial charge in [-0.1, -0.05) is 5.11 Å². The van der Waals surface area contributed by atoms with Crippen LogP contribution in [-0.4, -0.2) is 59.7 Å². The van der Waals surface area contributed by atoms with Crippen LogP contribution in [0.4, 0.5) is 5.82 Å². The average Bonchev–Trinajstić information content (AvgIpc) is 3.00. The molecule has 3 heterocycles. The molecular weight excluding hydrogens is 316 g/mol. The van der Waals surface area contributed by atoms with Crippen molar-refractivity contribution in [2.24, 2.45) is 5.11 Å². The van der Waals surface area contributed by atoms with Crippen molar-refractivity contribution in [3.05, 3.63) is 32.7 Å². The first-order chi connectivity index (χ1) is 11.6. The first kappa shape index (κ1) is 16.7. The Morgan fingerprint density at radius 2 is 2.25 bits per heavy atom. The minimum atomic E-state index is -0.614. The number of azide groups is 1. The molecule has 0 aliphatic carbocycles. The number of aryl methyl sites for hydroxylation is 1. The lowest BCUT2D eigenvalue weighted by Crippen LogP contribution is -2.39. The van der Waals surface area contributed by atoms with Crippen LogP contribution in [0.3, 0.4) is 0 Å². The second kappa shape index (κ2) is 7.18. The van der Waals surface area contributed by atoms with Gasteiger partial charge in [0.1, 0.15) is 12.0 Å². The molecule has 0 spiro atoms. The number of rotatable bonds is 4. The summed E-state index contributed by atoms with van der Waals surface area (Å²) in [5.74, 6) is 0.655. The molecule has 10 heteroatoms. The standard InChI is InChI=1S/C14H20N6O4/c1-9-7-20(12-6-10(17-18-15)11(8-21)24-12)14(22)16-13(9)19-2-4-23-5-3-19/h7,10-12,21H,2-6,8H2,1H3. The fourth-order valence-electron chi connectivity index (χ4n) is 3.10. The van der Waals surface area contributed by atoms with Crippen LogP contribution in [0.1, 0.15) is 18.2 Å². The van der Waals surface area contributed by atoms with E-state index in [1.807, 2.05) is 11.8 Å². The first-order valence-electron chi connectivity index (χ1n) is 7.87. The maximum Gasteiger partial charge on any atom is 0.351 e. The van der Waals surface area contributed by atoms with Gasteiger partial charge in [0.15, 0.2) is 0 Å². The molecule has 3 atom stereocenters. The summed E-state index contributed by atoms with van der Waals surface area (Å²) in [6, 6.07) is -0.504. The average molecular weight is 336 g/mol. The third-order valence-corrected chi connectivity index (χ3v) is 4.31. The number of hydrogen-bond donors (Lipinski definition) is 1. The van der Waals surface area contributed by atoms with Crippen LogP contribution < -0.4 is 10.6 Å². The van der Waals surface area contributed by atoms with E-state index in [2.05, 4.69) is 15.0 Å². The Morgan fingerprint density at radius 1 is 1.50 bits per heavy atom. The van der Waals surface area contributed by atoms with Gasteiger partial charge in [-0.05, 0) is 12.5 Å². The Kier molecular flexibility index (Phi) is 5.00. The highest BCUT2D eigenvalue weighted by Crippen LogP contribution is 2.30. The number of aromatic nitrogens is 2. The largest absolute Gasteiger partial charge is 0.394 e. The number of nitrogens with zero attached hydrogens (tertiary/aromatic N) is 6. The van der Waals surface area contributed by atoms with E-state index in [-0.39, 0.29) is 6.61 Å². The van der Waals surface area contributed by atoms with Crippen LogP contribution in [0, 0.1) is 6.92 Å². The summed E-state index contributed by atoms with van der Waals surface area (Å²) in [5.41, 5.74) is 9.03. The lowest BCUT2D eigenvalue weighted by Gasteiger charge is -2.29. The van der Waals surface area contributed by atoms with Gasteiger partial charge in [0.25, 0.3) is 0 Å².